The van der Waals surface area contributed by atoms with Crippen LogP contribution in [0.4, 0.5) is 0 Å². The van der Waals surface area contributed by atoms with Gasteiger partial charge in [0, 0.05) is 11.1 Å². The fourth-order valence-corrected chi connectivity index (χ4v) is 3.23. The van der Waals surface area contributed by atoms with Crippen LogP contribution in [0.3, 0.4) is 0 Å². The van der Waals surface area contributed by atoms with Crippen molar-refractivity contribution in [2.75, 3.05) is 13.2 Å². The number of esters is 2. The molecule has 0 aliphatic rings. The van der Waals surface area contributed by atoms with E-state index in [4.69, 9.17) is 9.47 Å². The molecule has 0 aromatic rings. The van der Waals surface area contributed by atoms with Gasteiger partial charge in [-0.25, -0.2) is 9.59 Å². The zero-order valence-corrected chi connectivity index (χ0v) is 18.9. The van der Waals surface area contributed by atoms with Crippen molar-refractivity contribution in [3.05, 3.63) is 11.1 Å². The molecule has 0 atom stereocenters. The van der Waals surface area contributed by atoms with Gasteiger partial charge in [0.1, 0.15) is 0 Å². The van der Waals surface area contributed by atoms with Crippen LogP contribution in [-0.4, -0.2) is 49.1 Å². The van der Waals surface area contributed by atoms with Crippen molar-refractivity contribution in [3.63, 3.8) is 0 Å². The Morgan fingerprint density at radius 1 is 0.517 bits per heavy atom. The standard InChI is InChI=1S/C24H44O4.Sn.4H/c1-5-9-11-13-15-17-19-27-23(25)21(7-3)22(8-4)24(26)28-20-18-16-14-12-10-6-2;;;;;/h5-20H2,1-4H3;;;;;/b22-21-;;;;;. The molecule has 5 heteroatoms. The molecule has 4 nitrogen and oxygen atoms in total. The van der Waals surface area contributed by atoms with Crippen molar-refractivity contribution in [1.82, 2.24) is 0 Å². The molecule has 0 saturated carbocycles. The van der Waals surface area contributed by atoms with E-state index in [0.717, 1.165) is 25.7 Å². The Hall–Kier alpha value is -0.521. The van der Waals surface area contributed by atoms with Gasteiger partial charge in [-0.2, -0.15) is 0 Å². The summed E-state index contributed by atoms with van der Waals surface area (Å²) in [5, 5.41) is 0. The van der Waals surface area contributed by atoms with E-state index in [2.05, 4.69) is 13.8 Å². The second kappa shape index (κ2) is 22.2. The molecule has 0 saturated heterocycles. The summed E-state index contributed by atoms with van der Waals surface area (Å²) in [5.74, 6) is -0.714. The Kier molecular flexibility index (Phi) is 23.4. The number of hydrogen-bond acceptors (Lipinski definition) is 4. The summed E-state index contributed by atoms with van der Waals surface area (Å²) in [6.45, 7) is 9.03. The van der Waals surface area contributed by atoms with E-state index in [9.17, 15) is 9.59 Å². The molecular formula is C24H48O4Sn. The minimum absolute atomic E-state index is 0. The molecule has 0 bridgehead atoms. The fourth-order valence-electron chi connectivity index (χ4n) is 3.23. The van der Waals surface area contributed by atoms with Crippen LogP contribution >= 0.6 is 0 Å². The van der Waals surface area contributed by atoms with Crippen LogP contribution < -0.4 is 0 Å². The molecule has 0 spiro atoms. The van der Waals surface area contributed by atoms with E-state index in [1.165, 1.54) is 51.4 Å². The summed E-state index contributed by atoms with van der Waals surface area (Å²) >= 11 is 0. The molecule has 0 fully saturated rings. The third-order valence-electron chi connectivity index (χ3n) is 5.03. The SMILES string of the molecule is CCCCCCCCOC(=O)/C(CC)=C(/CC)C(=O)OCCCCCCCC.[SnH4]. The van der Waals surface area contributed by atoms with Crippen LogP contribution in [-0.2, 0) is 19.1 Å². The number of carbonyl (C=O) groups excluding carboxylic acids is 2. The third kappa shape index (κ3) is 15.9. The minimum atomic E-state index is -0.357. The van der Waals surface area contributed by atoms with Crippen molar-refractivity contribution < 1.29 is 19.1 Å². The first-order valence-electron chi connectivity index (χ1n) is 11.7. The molecule has 172 valence electrons. The van der Waals surface area contributed by atoms with E-state index in [-0.39, 0.29) is 35.8 Å². The molecule has 0 aliphatic heterocycles. The first-order valence-corrected chi connectivity index (χ1v) is 11.7. The number of hydrogen-bond donors (Lipinski definition) is 0. The average Bonchev–Trinajstić information content (AvgIpc) is 2.70. The van der Waals surface area contributed by atoms with Crippen LogP contribution in [0.2, 0.25) is 0 Å². The third-order valence-corrected chi connectivity index (χ3v) is 5.03. The van der Waals surface area contributed by atoms with Crippen molar-refractivity contribution in [2.45, 2.75) is 118 Å². The maximum atomic E-state index is 12.4. The first-order chi connectivity index (χ1) is 13.6. The van der Waals surface area contributed by atoms with Gasteiger partial charge in [-0.05, 0) is 25.7 Å². The normalized spacial score (nSPS) is 11.4. The summed E-state index contributed by atoms with van der Waals surface area (Å²) in [7, 11) is 0. The van der Waals surface area contributed by atoms with Crippen LogP contribution in [0.5, 0.6) is 0 Å². The van der Waals surface area contributed by atoms with Crippen molar-refractivity contribution in [2.24, 2.45) is 0 Å². The summed E-state index contributed by atoms with van der Waals surface area (Å²) in [4.78, 5) is 24.8. The molecule has 0 N–H and O–H groups in total. The Balaban J connectivity index is 0. The molecule has 0 rings (SSSR count). The number of carbonyl (C=O) groups is 2. The van der Waals surface area contributed by atoms with Crippen LogP contribution in [0.1, 0.15) is 118 Å². The first kappa shape index (κ1) is 30.7. The van der Waals surface area contributed by atoms with Gasteiger partial charge in [-0.1, -0.05) is 91.9 Å². The van der Waals surface area contributed by atoms with Crippen molar-refractivity contribution in [3.8, 4) is 0 Å². The van der Waals surface area contributed by atoms with Crippen molar-refractivity contribution in [1.29, 1.82) is 0 Å². The second-order valence-electron chi connectivity index (χ2n) is 7.47. The Labute approximate surface area is 196 Å². The van der Waals surface area contributed by atoms with Crippen molar-refractivity contribution >= 4 is 35.8 Å². The predicted octanol–water partition coefficient (Wildman–Crippen LogP) is 5.46. The summed E-state index contributed by atoms with van der Waals surface area (Å²) in [5.41, 5.74) is 0.947. The van der Waals surface area contributed by atoms with Gasteiger partial charge in [0.2, 0.25) is 0 Å². The van der Waals surface area contributed by atoms with E-state index < -0.39 is 0 Å². The fraction of sp³-hybridized carbons (Fsp3) is 0.833. The summed E-state index contributed by atoms with van der Waals surface area (Å²) in [6.07, 6.45) is 14.8. The van der Waals surface area contributed by atoms with Gasteiger partial charge >= 0.3 is 35.8 Å². The molecule has 0 heterocycles. The van der Waals surface area contributed by atoms with Gasteiger partial charge < -0.3 is 9.47 Å². The van der Waals surface area contributed by atoms with Crippen LogP contribution in [0.25, 0.3) is 0 Å². The topological polar surface area (TPSA) is 52.6 Å². The molecule has 29 heavy (non-hydrogen) atoms. The van der Waals surface area contributed by atoms with Gasteiger partial charge in [0.05, 0.1) is 13.2 Å². The van der Waals surface area contributed by atoms with E-state index in [0.29, 0.717) is 37.2 Å². The van der Waals surface area contributed by atoms with E-state index in [1.54, 1.807) is 0 Å². The molecule has 0 amide bonds. The monoisotopic (exact) mass is 520 g/mol. The van der Waals surface area contributed by atoms with Crippen LogP contribution in [0.15, 0.2) is 11.1 Å². The summed E-state index contributed by atoms with van der Waals surface area (Å²) < 4.78 is 10.8. The molecule has 0 aromatic carbocycles. The van der Waals surface area contributed by atoms with Gasteiger partial charge in [0.15, 0.2) is 0 Å². The second-order valence-corrected chi connectivity index (χ2v) is 7.47. The van der Waals surface area contributed by atoms with Crippen LogP contribution in [0, 0.1) is 0 Å². The van der Waals surface area contributed by atoms with E-state index in [1.807, 2.05) is 13.8 Å². The molecule has 0 unspecified atom stereocenters. The van der Waals surface area contributed by atoms with Gasteiger partial charge in [-0.3, -0.25) is 0 Å². The zero-order valence-electron chi connectivity index (χ0n) is 18.9. The van der Waals surface area contributed by atoms with E-state index >= 15 is 0 Å². The molecule has 0 aromatic heterocycles. The quantitative estimate of drug-likeness (QED) is 0.105. The number of unbranched alkanes of at least 4 members (excludes halogenated alkanes) is 10. The summed E-state index contributed by atoms with van der Waals surface area (Å²) in [6, 6.07) is 0. The van der Waals surface area contributed by atoms with Gasteiger partial charge in [-0.15, -0.1) is 0 Å². The average molecular weight is 519 g/mol. The Bertz CT molecular complexity index is 406. The maximum absolute atomic E-state index is 12.4. The Morgan fingerprint density at radius 2 is 0.828 bits per heavy atom. The predicted molar refractivity (Wildman–Crippen MR) is 128 cm³/mol. The molecular weight excluding hydrogens is 471 g/mol. The molecule has 0 radical (unpaired) electrons. The Morgan fingerprint density at radius 3 is 1.14 bits per heavy atom. The number of rotatable bonds is 18. The number of ether oxygens (including phenoxy) is 2. The zero-order chi connectivity index (χ0) is 21.0. The molecule has 0 aliphatic carbocycles. The van der Waals surface area contributed by atoms with Gasteiger partial charge in [0.25, 0.3) is 0 Å².